The predicted octanol–water partition coefficient (Wildman–Crippen LogP) is 2.32. The van der Waals surface area contributed by atoms with Gasteiger partial charge in [-0.25, -0.2) is 14.4 Å². The molecule has 2 rings (SSSR count). The van der Waals surface area contributed by atoms with Crippen LogP contribution in [0, 0.1) is 0 Å². The zero-order valence-electron chi connectivity index (χ0n) is 12.3. The van der Waals surface area contributed by atoms with Crippen LogP contribution >= 0.6 is 0 Å². The number of carbonyl (C=O) groups excluding carboxylic acids is 1. The van der Waals surface area contributed by atoms with Crippen LogP contribution in [0.4, 0.5) is 10.2 Å². The summed E-state index contributed by atoms with van der Waals surface area (Å²) in [7, 11) is 0. The topological polar surface area (TPSA) is 58.1 Å². The van der Waals surface area contributed by atoms with Crippen molar-refractivity contribution >= 4 is 11.7 Å². The molecule has 0 aliphatic carbocycles. The third-order valence-corrected chi connectivity index (χ3v) is 3.53. The second-order valence-corrected chi connectivity index (χ2v) is 5.31. The SMILES string of the molecule is C=C(F)CCc1cc(N[C@H](C)C(=O)N2CCCC2)ncn1. The second-order valence-electron chi connectivity index (χ2n) is 5.31. The van der Waals surface area contributed by atoms with Gasteiger partial charge in [-0.2, -0.15) is 0 Å². The Labute approximate surface area is 124 Å². The van der Waals surface area contributed by atoms with Crippen molar-refractivity contribution in [2.45, 2.75) is 38.6 Å². The van der Waals surface area contributed by atoms with E-state index in [1.54, 1.807) is 6.07 Å². The number of nitrogens with one attached hydrogen (secondary N) is 1. The normalized spacial score (nSPS) is 15.8. The molecule has 1 fully saturated rings. The number of hydrogen-bond acceptors (Lipinski definition) is 4. The first-order valence-electron chi connectivity index (χ1n) is 7.26. The molecule has 1 saturated heterocycles. The summed E-state index contributed by atoms with van der Waals surface area (Å²) in [5, 5.41) is 3.09. The van der Waals surface area contributed by atoms with Gasteiger partial charge in [0, 0.05) is 31.3 Å². The minimum atomic E-state index is -0.360. The Hall–Kier alpha value is -1.98. The average Bonchev–Trinajstić information content (AvgIpc) is 2.98. The predicted molar refractivity (Wildman–Crippen MR) is 79.5 cm³/mol. The highest BCUT2D eigenvalue weighted by molar-refractivity contribution is 5.84. The fraction of sp³-hybridized carbons (Fsp3) is 0.533. The fourth-order valence-electron chi connectivity index (χ4n) is 2.37. The molecule has 0 unspecified atom stereocenters. The minimum Gasteiger partial charge on any atom is -0.359 e. The van der Waals surface area contributed by atoms with Crippen molar-refractivity contribution in [2.24, 2.45) is 0 Å². The summed E-state index contributed by atoms with van der Waals surface area (Å²) in [6.45, 7) is 6.72. The molecule has 0 bridgehead atoms. The largest absolute Gasteiger partial charge is 0.359 e. The highest BCUT2D eigenvalue weighted by Gasteiger charge is 2.23. The summed E-state index contributed by atoms with van der Waals surface area (Å²) in [5.41, 5.74) is 0.729. The zero-order chi connectivity index (χ0) is 15.2. The van der Waals surface area contributed by atoms with Gasteiger partial charge >= 0.3 is 0 Å². The van der Waals surface area contributed by atoms with Gasteiger partial charge < -0.3 is 10.2 Å². The molecule has 6 heteroatoms. The highest BCUT2D eigenvalue weighted by Crippen LogP contribution is 2.13. The number of anilines is 1. The number of rotatable bonds is 6. The third-order valence-electron chi connectivity index (χ3n) is 3.53. The van der Waals surface area contributed by atoms with Crippen molar-refractivity contribution in [3.05, 3.63) is 30.5 Å². The van der Waals surface area contributed by atoms with Gasteiger partial charge in [-0.05, 0) is 26.2 Å². The van der Waals surface area contributed by atoms with Crippen LogP contribution in [-0.4, -0.2) is 39.9 Å². The smallest absolute Gasteiger partial charge is 0.244 e. The van der Waals surface area contributed by atoms with E-state index in [0.29, 0.717) is 12.2 Å². The van der Waals surface area contributed by atoms with Gasteiger partial charge in [-0.1, -0.05) is 6.58 Å². The van der Waals surface area contributed by atoms with Crippen LogP contribution in [0.15, 0.2) is 24.8 Å². The van der Waals surface area contributed by atoms with Crippen molar-refractivity contribution in [1.29, 1.82) is 0 Å². The van der Waals surface area contributed by atoms with E-state index < -0.39 is 0 Å². The lowest BCUT2D eigenvalue weighted by Crippen LogP contribution is -2.39. The summed E-state index contributed by atoms with van der Waals surface area (Å²) < 4.78 is 12.7. The van der Waals surface area contributed by atoms with Crippen LogP contribution in [-0.2, 0) is 11.2 Å². The first-order valence-corrected chi connectivity index (χ1v) is 7.26. The van der Waals surface area contributed by atoms with Crippen molar-refractivity contribution in [3.63, 3.8) is 0 Å². The molecule has 1 atom stereocenters. The number of allylic oxidation sites excluding steroid dienone is 1. The van der Waals surface area contributed by atoms with E-state index in [2.05, 4.69) is 21.9 Å². The maximum atomic E-state index is 12.7. The number of likely N-dealkylation sites (tertiary alicyclic amines) is 1. The molecule has 114 valence electrons. The van der Waals surface area contributed by atoms with Gasteiger partial charge in [-0.3, -0.25) is 4.79 Å². The number of nitrogens with zero attached hydrogens (tertiary/aromatic N) is 3. The Kier molecular flexibility index (Phi) is 5.25. The molecule has 1 aliphatic rings. The molecule has 1 amide bonds. The molecule has 1 aromatic heterocycles. The second kappa shape index (κ2) is 7.15. The van der Waals surface area contributed by atoms with Crippen LogP contribution in [0.3, 0.4) is 0 Å². The van der Waals surface area contributed by atoms with Crippen molar-refractivity contribution in [1.82, 2.24) is 14.9 Å². The molecule has 1 N–H and O–H groups in total. The first kappa shape index (κ1) is 15.4. The molecule has 1 aliphatic heterocycles. The Morgan fingerprint density at radius 3 is 2.86 bits per heavy atom. The molecule has 5 nitrogen and oxygen atoms in total. The van der Waals surface area contributed by atoms with Gasteiger partial charge in [0.05, 0.1) is 5.83 Å². The maximum absolute atomic E-state index is 12.7. The third kappa shape index (κ3) is 4.51. The molecule has 21 heavy (non-hydrogen) atoms. The molecule has 0 spiro atoms. The number of halogens is 1. The lowest BCUT2D eigenvalue weighted by molar-refractivity contribution is -0.130. The molecule has 0 saturated carbocycles. The van der Waals surface area contributed by atoms with Crippen LogP contribution in [0.25, 0.3) is 0 Å². The molecule has 0 radical (unpaired) electrons. The number of aryl methyl sites for hydroxylation is 1. The number of amides is 1. The molecular formula is C15H21FN4O. The number of hydrogen-bond donors (Lipinski definition) is 1. The Morgan fingerprint density at radius 1 is 1.48 bits per heavy atom. The Bertz CT molecular complexity index is 514. The minimum absolute atomic E-state index is 0.0878. The summed E-state index contributed by atoms with van der Waals surface area (Å²) in [6, 6.07) is 1.42. The number of aromatic nitrogens is 2. The Balaban J connectivity index is 1.93. The average molecular weight is 292 g/mol. The van der Waals surface area contributed by atoms with E-state index in [9.17, 15) is 9.18 Å². The van der Waals surface area contributed by atoms with Gasteiger partial charge in [0.15, 0.2) is 0 Å². The summed E-state index contributed by atoms with van der Waals surface area (Å²) in [5.74, 6) is 0.315. The van der Waals surface area contributed by atoms with Gasteiger partial charge in [0.1, 0.15) is 18.2 Å². The lowest BCUT2D eigenvalue weighted by Gasteiger charge is -2.21. The van der Waals surface area contributed by atoms with Crippen molar-refractivity contribution in [3.8, 4) is 0 Å². The standard InChI is InChI=1S/C15H21FN4O/c1-11(16)5-6-13-9-14(18-10-17-13)19-12(2)15(21)20-7-3-4-8-20/h9-10,12H,1,3-8H2,2H3,(H,17,18,19)/t12-/m1/s1. The van der Waals surface area contributed by atoms with Crippen LogP contribution < -0.4 is 5.32 Å². The van der Waals surface area contributed by atoms with E-state index in [-0.39, 0.29) is 24.2 Å². The van der Waals surface area contributed by atoms with E-state index in [1.165, 1.54) is 6.33 Å². The van der Waals surface area contributed by atoms with E-state index in [1.807, 2.05) is 11.8 Å². The highest BCUT2D eigenvalue weighted by atomic mass is 19.1. The number of carbonyl (C=O) groups is 1. The summed E-state index contributed by atoms with van der Waals surface area (Å²) >= 11 is 0. The van der Waals surface area contributed by atoms with Crippen LogP contribution in [0.1, 0.15) is 31.9 Å². The van der Waals surface area contributed by atoms with E-state index in [0.717, 1.165) is 31.6 Å². The summed E-state index contributed by atoms with van der Waals surface area (Å²) in [6.07, 6.45) is 4.29. The van der Waals surface area contributed by atoms with E-state index in [4.69, 9.17) is 0 Å². The monoisotopic (exact) mass is 292 g/mol. The van der Waals surface area contributed by atoms with Crippen LogP contribution in [0.2, 0.25) is 0 Å². The molecular weight excluding hydrogens is 271 g/mol. The van der Waals surface area contributed by atoms with Gasteiger partial charge in [0.2, 0.25) is 5.91 Å². The maximum Gasteiger partial charge on any atom is 0.244 e. The molecule has 0 aromatic carbocycles. The quantitative estimate of drug-likeness (QED) is 0.874. The fourth-order valence-corrected chi connectivity index (χ4v) is 2.37. The molecule has 2 heterocycles. The lowest BCUT2D eigenvalue weighted by atomic mass is 10.2. The van der Waals surface area contributed by atoms with Crippen molar-refractivity contribution < 1.29 is 9.18 Å². The van der Waals surface area contributed by atoms with Gasteiger partial charge in [0.25, 0.3) is 0 Å². The van der Waals surface area contributed by atoms with Gasteiger partial charge in [-0.15, -0.1) is 0 Å². The van der Waals surface area contributed by atoms with Crippen LogP contribution in [0.5, 0.6) is 0 Å². The first-order chi connectivity index (χ1) is 10.1. The molecule has 1 aromatic rings. The van der Waals surface area contributed by atoms with Crippen molar-refractivity contribution in [2.75, 3.05) is 18.4 Å². The zero-order valence-corrected chi connectivity index (χ0v) is 12.3. The van der Waals surface area contributed by atoms with E-state index >= 15 is 0 Å². The summed E-state index contributed by atoms with van der Waals surface area (Å²) in [4.78, 5) is 22.3. The Morgan fingerprint density at radius 2 is 2.19 bits per heavy atom.